The molecule has 2 rings (SSSR count). The van der Waals surface area contributed by atoms with E-state index in [1.165, 1.54) is 23.3 Å². The highest BCUT2D eigenvalue weighted by atomic mass is 19.1. The molecule has 1 N–H and O–H groups in total. The molecule has 0 saturated carbocycles. The minimum atomic E-state index is -1.53. The van der Waals surface area contributed by atoms with E-state index < -0.39 is 29.7 Å². The molecule has 2 unspecified atom stereocenters. The molecular weight excluding hydrogens is 330 g/mol. The van der Waals surface area contributed by atoms with E-state index in [2.05, 4.69) is 11.9 Å². The maximum Gasteiger partial charge on any atom is 0.332 e. The summed E-state index contributed by atoms with van der Waals surface area (Å²) in [6, 6.07) is 1.62. The Morgan fingerprint density at radius 1 is 1.32 bits per heavy atom. The number of aliphatic hydroxyl groups excluding tert-OH is 1. The first kappa shape index (κ1) is 19.1. The zero-order valence-electron chi connectivity index (χ0n) is 14.1. The number of hydrogen-bond acceptors (Lipinski definition) is 4. The molecule has 2 aromatic rings. The second-order valence-electron chi connectivity index (χ2n) is 5.79. The fourth-order valence-electron chi connectivity index (χ4n) is 2.55. The van der Waals surface area contributed by atoms with Gasteiger partial charge in [-0.15, -0.1) is 0 Å². The Bertz CT molecular complexity index is 677. The van der Waals surface area contributed by atoms with Crippen LogP contribution in [-0.2, 0) is 9.53 Å². The molecule has 0 aliphatic carbocycles. The van der Waals surface area contributed by atoms with E-state index in [-0.39, 0.29) is 12.2 Å². The summed E-state index contributed by atoms with van der Waals surface area (Å²) in [6.45, 7) is 2.30. The Labute approximate surface area is 145 Å². The molecule has 5 nitrogen and oxygen atoms in total. The van der Waals surface area contributed by atoms with Crippen LogP contribution in [0.1, 0.15) is 50.3 Å². The third kappa shape index (κ3) is 5.09. The standard InChI is InChI=1S/C18H22F2N2O3/c1-2-3-4-5-10-25-18(24)16(22-9-8-21-12-22)17(23)14-7-6-13(19)11-15(14)20/h6-9,11-12,16-17,23H,2-5,10H2,1H3. The Morgan fingerprint density at radius 2 is 2.12 bits per heavy atom. The van der Waals surface area contributed by atoms with Gasteiger partial charge in [-0.25, -0.2) is 18.6 Å². The van der Waals surface area contributed by atoms with Crippen molar-refractivity contribution in [3.63, 3.8) is 0 Å². The molecule has 2 atom stereocenters. The van der Waals surface area contributed by atoms with Gasteiger partial charge in [-0.05, 0) is 12.5 Å². The van der Waals surface area contributed by atoms with Crippen LogP contribution in [-0.4, -0.2) is 27.2 Å². The number of ether oxygens (including phenoxy) is 1. The van der Waals surface area contributed by atoms with Gasteiger partial charge in [-0.2, -0.15) is 0 Å². The van der Waals surface area contributed by atoms with Gasteiger partial charge in [-0.1, -0.05) is 32.3 Å². The lowest BCUT2D eigenvalue weighted by Gasteiger charge is -2.23. The predicted molar refractivity (Wildman–Crippen MR) is 87.7 cm³/mol. The highest BCUT2D eigenvalue weighted by Crippen LogP contribution is 2.29. The molecule has 0 aliphatic heterocycles. The molecule has 0 bridgehead atoms. The number of carbonyl (C=O) groups is 1. The van der Waals surface area contributed by atoms with E-state index >= 15 is 0 Å². The topological polar surface area (TPSA) is 64.3 Å². The lowest BCUT2D eigenvalue weighted by Crippen LogP contribution is -2.28. The molecule has 1 heterocycles. The first-order valence-corrected chi connectivity index (χ1v) is 8.31. The van der Waals surface area contributed by atoms with Crippen molar-refractivity contribution in [3.05, 3.63) is 54.1 Å². The van der Waals surface area contributed by atoms with Crippen LogP contribution < -0.4 is 0 Å². The molecule has 0 amide bonds. The molecule has 0 radical (unpaired) electrons. The fourth-order valence-corrected chi connectivity index (χ4v) is 2.55. The van der Waals surface area contributed by atoms with Crippen LogP contribution in [0.5, 0.6) is 0 Å². The number of aliphatic hydroxyl groups is 1. The average molecular weight is 352 g/mol. The van der Waals surface area contributed by atoms with Crippen molar-refractivity contribution in [2.45, 2.75) is 44.8 Å². The monoisotopic (exact) mass is 352 g/mol. The number of benzene rings is 1. The second kappa shape index (κ2) is 9.27. The van der Waals surface area contributed by atoms with Gasteiger partial charge in [0.2, 0.25) is 0 Å². The summed E-state index contributed by atoms with van der Waals surface area (Å²) in [5.41, 5.74) is -0.178. The maximum atomic E-state index is 14.0. The highest BCUT2D eigenvalue weighted by molar-refractivity contribution is 5.75. The molecule has 0 aliphatic rings. The van der Waals surface area contributed by atoms with E-state index in [1.807, 2.05) is 0 Å². The van der Waals surface area contributed by atoms with E-state index in [9.17, 15) is 18.7 Å². The van der Waals surface area contributed by atoms with Gasteiger partial charge in [0.15, 0.2) is 6.04 Å². The lowest BCUT2D eigenvalue weighted by molar-refractivity contribution is -0.151. The quantitative estimate of drug-likeness (QED) is 0.554. The zero-order valence-corrected chi connectivity index (χ0v) is 14.1. The summed E-state index contributed by atoms with van der Waals surface area (Å²) in [7, 11) is 0. The van der Waals surface area contributed by atoms with Gasteiger partial charge < -0.3 is 14.4 Å². The normalized spacial score (nSPS) is 13.4. The number of halogens is 2. The smallest absolute Gasteiger partial charge is 0.332 e. The Kier molecular flexibility index (Phi) is 7.06. The van der Waals surface area contributed by atoms with Gasteiger partial charge in [-0.3, -0.25) is 0 Å². The fraction of sp³-hybridized carbons (Fsp3) is 0.444. The number of imidazole rings is 1. The van der Waals surface area contributed by atoms with Crippen molar-refractivity contribution in [1.29, 1.82) is 0 Å². The summed E-state index contributed by atoms with van der Waals surface area (Å²) in [4.78, 5) is 16.3. The van der Waals surface area contributed by atoms with Crippen molar-refractivity contribution in [3.8, 4) is 0 Å². The number of carbonyl (C=O) groups excluding carboxylic acids is 1. The van der Waals surface area contributed by atoms with Crippen LogP contribution in [0.3, 0.4) is 0 Å². The summed E-state index contributed by atoms with van der Waals surface area (Å²) in [5, 5.41) is 10.5. The summed E-state index contributed by atoms with van der Waals surface area (Å²) < 4.78 is 33.7. The van der Waals surface area contributed by atoms with Crippen LogP contribution in [0.4, 0.5) is 8.78 Å². The van der Waals surface area contributed by atoms with Gasteiger partial charge >= 0.3 is 5.97 Å². The van der Waals surface area contributed by atoms with Crippen LogP contribution >= 0.6 is 0 Å². The number of nitrogens with zero attached hydrogens (tertiary/aromatic N) is 2. The SMILES string of the molecule is CCCCCCOC(=O)C(C(O)c1ccc(F)cc1F)n1ccnc1. The number of rotatable bonds is 9. The number of esters is 1. The van der Waals surface area contributed by atoms with Gasteiger partial charge in [0.05, 0.1) is 12.9 Å². The lowest BCUT2D eigenvalue weighted by atomic mass is 10.0. The van der Waals surface area contributed by atoms with Crippen molar-refractivity contribution >= 4 is 5.97 Å². The molecule has 0 saturated heterocycles. The average Bonchev–Trinajstić information content (AvgIpc) is 3.08. The number of unbranched alkanes of at least 4 members (excludes halogenated alkanes) is 3. The molecule has 7 heteroatoms. The molecule has 1 aromatic heterocycles. The van der Waals surface area contributed by atoms with Crippen LogP contribution in [0.25, 0.3) is 0 Å². The molecule has 0 spiro atoms. The first-order valence-electron chi connectivity index (χ1n) is 8.31. The summed E-state index contributed by atoms with van der Waals surface area (Å²) >= 11 is 0. The first-order chi connectivity index (χ1) is 12.0. The van der Waals surface area contributed by atoms with Gasteiger partial charge in [0.25, 0.3) is 0 Å². The number of hydrogen-bond donors (Lipinski definition) is 1. The minimum absolute atomic E-state index is 0.178. The van der Waals surface area contributed by atoms with Crippen LogP contribution in [0, 0.1) is 11.6 Å². The van der Waals surface area contributed by atoms with Crippen LogP contribution in [0.2, 0.25) is 0 Å². The van der Waals surface area contributed by atoms with Crippen molar-refractivity contribution in [1.82, 2.24) is 9.55 Å². The van der Waals surface area contributed by atoms with Crippen LogP contribution in [0.15, 0.2) is 36.9 Å². The summed E-state index contributed by atoms with van der Waals surface area (Å²) in [5.74, 6) is -2.37. The van der Waals surface area contributed by atoms with Crippen molar-refractivity contribution in [2.75, 3.05) is 6.61 Å². The largest absolute Gasteiger partial charge is 0.464 e. The third-order valence-electron chi connectivity index (χ3n) is 3.91. The third-order valence-corrected chi connectivity index (χ3v) is 3.91. The second-order valence-corrected chi connectivity index (χ2v) is 5.79. The Hall–Kier alpha value is -2.28. The highest BCUT2D eigenvalue weighted by Gasteiger charge is 2.32. The van der Waals surface area contributed by atoms with E-state index in [1.54, 1.807) is 0 Å². The molecule has 136 valence electrons. The molecule has 25 heavy (non-hydrogen) atoms. The Morgan fingerprint density at radius 3 is 2.76 bits per heavy atom. The Balaban J connectivity index is 2.14. The summed E-state index contributed by atoms with van der Waals surface area (Å²) in [6.07, 6.45) is 6.50. The molecule has 0 fully saturated rings. The number of aromatic nitrogens is 2. The van der Waals surface area contributed by atoms with Crippen molar-refractivity contribution in [2.24, 2.45) is 0 Å². The zero-order chi connectivity index (χ0) is 18.2. The van der Waals surface area contributed by atoms with Crippen molar-refractivity contribution < 1.29 is 23.4 Å². The molecule has 1 aromatic carbocycles. The maximum absolute atomic E-state index is 14.0. The van der Waals surface area contributed by atoms with E-state index in [4.69, 9.17) is 4.74 Å². The van der Waals surface area contributed by atoms with Gasteiger partial charge in [0.1, 0.15) is 17.7 Å². The minimum Gasteiger partial charge on any atom is -0.464 e. The molecular formula is C18H22F2N2O3. The van der Waals surface area contributed by atoms with E-state index in [0.717, 1.165) is 37.8 Å². The predicted octanol–water partition coefficient (Wildman–Crippen LogP) is 3.56. The van der Waals surface area contributed by atoms with E-state index in [0.29, 0.717) is 6.07 Å². The van der Waals surface area contributed by atoms with Gasteiger partial charge in [0, 0.05) is 24.0 Å².